The number of ether oxygens (including phenoxy) is 1. The first-order valence-electron chi connectivity index (χ1n) is 10.0. The van der Waals surface area contributed by atoms with E-state index in [4.69, 9.17) is 4.74 Å². The van der Waals surface area contributed by atoms with E-state index in [-0.39, 0.29) is 29.3 Å². The van der Waals surface area contributed by atoms with Gasteiger partial charge in [-0.3, -0.25) is 14.7 Å². The second-order valence-corrected chi connectivity index (χ2v) is 9.75. The van der Waals surface area contributed by atoms with E-state index in [0.29, 0.717) is 5.69 Å². The lowest BCUT2D eigenvalue weighted by Gasteiger charge is -2.47. The highest BCUT2D eigenvalue weighted by atomic mass is 32.2. The van der Waals surface area contributed by atoms with Gasteiger partial charge in [0.25, 0.3) is 5.91 Å². The van der Waals surface area contributed by atoms with Crippen molar-refractivity contribution in [1.29, 1.82) is 0 Å². The standard InChI is InChI=1S/C19H26N4O3S/c24-16(22-6-1-2-7-22)9-26-13-8-19(27-10-13)11-23(12-19)18(25)17-14-4-3-5-15(14)20-21-17/h13H,1-12H2,(H,20,21)/t13-/m0/s1. The molecule has 0 aromatic carbocycles. The maximum atomic E-state index is 12.8. The molecule has 1 N–H and O–H groups in total. The molecule has 27 heavy (non-hydrogen) atoms. The van der Waals surface area contributed by atoms with Gasteiger partial charge < -0.3 is 14.5 Å². The van der Waals surface area contributed by atoms with Crippen LogP contribution in [-0.4, -0.2) is 81.2 Å². The molecule has 1 atom stereocenters. The molecule has 5 rings (SSSR count). The number of nitrogens with one attached hydrogen (secondary N) is 1. The first kappa shape index (κ1) is 17.6. The molecule has 7 nitrogen and oxygen atoms in total. The van der Waals surface area contributed by atoms with Crippen molar-refractivity contribution in [3.8, 4) is 0 Å². The average molecular weight is 391 g/mol. The number of rotatable bonds is 4. The number of thioether (sulfide) groups is 1. The molecule has 3 saturated heterocycles. The molecule has 0 unspecified atom stereocenters. The molecule has 0 radical (unpaired) electrons. The zero-order chi connectivity index (χ0) is 18.4. The maximum Gasteiger partial charge on any atom is 0.274 e. The van der Waals surface area contributed by atoms with Gasteiger partial charge in [-0.05, 0) is 38.5 Å². The minimum atomic E-state index is 0.0641. The van der Waals surface area contributed by atoms with Crippen LogP contribution in [0.15, 0.2) is 0 Å². The van der Waals surface area contributed by atoms with E-state index in [1.54, 1.807) is 0 Å². The highest BCUT2D eigenvalue weighted by Gasteiger charge is 2.51. The van der Waals surface area contributed by atoms with Crippen LogP contribution in [0.5, 0.6) is 0 Å². The fourth-order valence-corrected chi connectivity index (χ4v) is 6.37. The van der Waals surface area contributed by atoms with E-state index < -0.39 is 0 Å². The van der Waals surface area contributed by atoms with Gasteiger partial charge in [0.05, 0.1) is 10.9 Å². The van der Waals surface area contributed by atoms with Crippen LogP contribution in [0, 0.1) is 0 Å². The quantitative estimate of drug-likeness (QED) is 0.837. The fraction of sp³-hybridized carbons (Fsp3) is 0.737. The fourth-order valence-electron chi connectivity index (χ4n) is 4.82. The number of carbonyl (C=O) groups is 2. The van der Waals surface area contributed by atoms with Crippen LogP contribution in [0.4, 0.5) is 0 Å². The molecular weight excluding hydrogens is 364 g/mol. The zero-order valence-corrected chi connectivity index (χ0v) is 16.4. The number of aromatic amines is 1. The summed E-state index contributed by atoms with van der Waals surface area (Å²) in [5.74, 6) is 1.10. The first-order valence-corrected chi connectivity index (χ1v) is 11.0. The Morgan fingerprint density at radius 2 is 2.00 bits per heavy atom. The lowest BCUT2D eigenvalue weighted by Crippen LogP contribution is -2.61. The molecule has 146 valence electrons. The van der Waals surface area contributed by atoms with E-state index in [1.807, 2.05) is 21.6 Å². The van der Waals surface area contributed by atoms with Crippen molar-refractivity contribution in [2.45, 2.75) is 49.4 Å². The second kappa shape index (κ2) is 6.81. The number of amides is 2. The zero-order valence-electron chi connectivity index (χ0n) is 15.5. The lowest BCUT2D eigenvalue weighted by molar-refractivity contribution is -0.136. The molecule has 1 aromatic heterocycles. The Morgan fingerprint density at radius 3 is 2.81 bits per heavy atom. The highest BCUT2D eigenvalue weighted by molar-refractivity contribution is 8.01. The molecule has 1 aromatic rings. The molecule has 1 aliphatic carbocycles. The van der Waals surface area contributed by atoms with E-state index in [0.717, 1.165) is 81.7 Å². The molecule has 0 bridgehead atoms. The minimum absolute atomic E-state index is 0.0641. The second-order valence-electron chi connectivity index (χ2n) is 8.26. The molecule has 3 fully saturated rings. The highest BCUT2D eigenvalue weighted by Crippen LogP contribution is 2.46. The molecule has 3 aliphatic heterocycles. The topological polar surface area (TPSA) is 78.5 Å². The Balaban J connectivity index is 1.11. The average Bonchev–Trinajstić information content (AvgIpc) is 3.41. The van der Waals surface area contributed by atoms with E-state index in [1.165, 1.54) is 0 Å². The van der Waals surface area contributed by atoms with Crippen molar-refractivity contribution in [3.63, 3.8) is 0 Å². The third-order valence-corrected chi connectivity index (χ3v) is 7.91. The number of aromatic nitrogens is 2. The third kappa shape index (κ3) is 3.16. The number of nitrogens with zero attached hydrogens (tertiary/aromatic N) is 3. The van der Waals surface area contributed by atoms with Crippen LogP contribution < -0.4 is 0 Å². The van der Waals surface area contributed by atoms with Crippen molar-refractivity contribution < 1.29 is 14.3 Å². The number of carbonyl (C=O) groups excluding carboxylic acids is 2. The van der Waals surface area contributed by atoms with Crippen LogP contribution in [-0.2, 0) is 22.4 Å². The molecule has 4 aliphatic rings. The minimum Gasteiger partial charge on any atom is -0.367 e. The number of hydrogen-bond donors (Lipinski definition) is 1. The van der Waals surface area contributed by atoms with Crippen molar-refractivity contribution in [1.82, 2.24) is 20.0 Å². The summed E-state index contributed by atoms with van der Waals surface area (Å²) in [6.07, 6.45) is 6.33. The van der Waals surface area contributed by atoms with Gasteiger partial charge in [0.1, 0.15) is 6.61 Å². The summed E-state index contributed by atoms with van der Waals surface area (Å²) in [7, 11) is 0. The summed E-state index contributed by atoms with van der Waals surface area (Å²) >= 11 is 1.90. The van der Waals surface area contributed by atoms with Gasteiger partial charge in [0, 0.05) is 43.2 Å². The van der Waals surface area contributed by atoms with Crippen LogP contribution in [0.1, 0.15) is 47.4 Å². The van der Waals surface area contributed by atoms with Crippen molar-refractivity contribution in [3.05, 3.63) is 17.0 Å². The SMILES string of the molecule is O=C(CO[C@@H]1CSC2(C1)CN(C(=O)c1n[nH]c3c1CCC3)C2)N1CCCC1. The van der Waals surface area contributed by atoms with Gasteiger partial charge in [-0.2, -0.15) is 5.10 Å². The molecule has 8 heteroatoms. The third-order valence-electron chi connectivity index (χ3n) is 6.33. The number of hydrogen-bond acceptors (Lipinski definition) is 5. The van der Waals surface area contributed by atoms with E-state index in [2.05, 4.69) is 10.2 Å². The molecule has 2 amide bonds. The summed E-state index contributed by atoms with van der Waals surface area (Å²) < 4.78 is 6.01. The first-order chi connectivity index (χ1) is 13.1. The van der Waals surface area contributed by atoms with Crippen molar-refractivity contribution in [2.24, 2.45) is 0 Å². The van der Waals surface area contributed by atoms with Crippen LogP contribution in [0.2, 0.25) is 0 Å². The Labute approximate surface area is 163 Å². The predicted molar refractivity (Wildman–Crippen MR) is 102 cm³/mol. The molecular formula is C19H26N4O3S. The van der Waals surface area contributed by atoms with Gasteiger partial charge >= 0.3 is 0 Å². The summed E-state index contributed by atoms with van der Waals surface area (Å²) in [4.78, 5) is 28.8. The largest absolute Gasteiger partial charge is 0.367 e. The van der Waals surface area contributed by atoms with Crippen LogP contribution in [0.25, 0.3) is 0 Å². The van der Waals surface area contributed by atoms with Gasteiger partial charge in [0.15, 0.2) is 5.69 Å². The molecule has 1 spiro atoms. The predicted octanol–water partition coefficient (Wildman–Crippen LogP) is 1.24. The maximum absolute atomic E-state index is 12.8. The monoisotopic (exact) mass is 390 g/mol. The van der Waals surface area contributed by atoms with Crippen LogP contribution >= 0.6 is 11.8 Å². The Bertz CT molecular complexity index is 752. The van der Waals surface area contributed by atoms with Gasteiger partial charge in [0.2, 0.25) is 5.91 Å². The van der Waals surface area contributed by atoms with Gasteiger partial charge in [-0.1, -0.05) is 0 Å². The number of aryl methyl sites for hydroxylation is 1. The van der Waals surface area contributed by atoms with Crippen LogP contribution in [0.3, 0.4) is 0 Å². The Morgan fingerprint density at radius 1 is 1.19 bits per heavy atom. The number of likely N-dealkylation sites (tertiary alicyclic amines) is 2. The van der Waals surface area contributed by atoms with E-state index >= 15 is 0 Å². The summed E-state index contributed by atoms with van der Waals surface area (Å²) in [6.45, 7) is 3.47. The normalized spacial score (nSPS) is 25.9. The smallest absolute Gasteiger partial charge is 0.274 e. The van der Waals surface area contributed by atoms with Crippen molar-refractivity contribution >= 4 is 23.6 Å². The molecule has 0 saturated carbocycles. The lowest BCUT2D eigenvalue weighted by atomic mass is 9.92. The Hall–Kier alpha value is -1.54. The van der Waals surface area contributed by atoms with Gasteiger partial charge in [-0.25, -0.2) is 0 Å². The van der Waals surface area contributed by atoms with E-state index in [9.17, 15) is 9.59 Å². The van der Waals surface area contributed by atoms with Crippen molar-refractivity contribution in [2.75, 3.05) is 38.5 Å². The Kier molecular flexibility index (Phi) is 4.43. The summed E-state index contributed by atoms with van der Waals surface area (Å²) in [5, 5.41) is 7.30. The number of fused-ring (bicyclic) bond motifs is 1. The molecule has 4 heterocycles. The van der Waals surface area contributed by atoms with Gasteiger partial charge in [-0.15, -0.1) is 11.8 Å². The number of H-pyrrole nitrogens is 1. The summed E-state index contributed by atoms with van der Waals surface area (Å²) in [6, 6.07) is 0. The summed E-state index contributed by atoms with van der Waals surface area (Å²) in [5.41, 5.74) is 2.89.